The molecule has 0 radical (unpaired) electrons. The Labute approximate surface area is 119 Å². The fourth-order valence-electron chi connectivity index (χ4n) is 1.85. The maximum Gasteiger partial charge on any atom is 0.123 e. The van der Waals surface area contributed by atoms with Gasteiger partial charge in [0.2, 0.25) is 0 Å². The molecule has 1 aromatic heterocycles. The van der Waals surface area contributed by atoms with Gasteiger partial charge in [0.15, 0.2) is 0 Å². The third-order valence-corrected chi connectivity index (χ3v) is 2.99. The van der Waals surface area contributed by atoms with Crippen LogP contribution in [0.4, 0.5) is 4.39 Å². The van der Waals surface area contributed by atoms with Gasteiger partial charge in [-0.2, -0.15) is 0 Å². The van der Waals surface area contributed by atoms with E-state index in [4.69, 9.17) is 5.73 Å². The first kappa shape index (κ1) is 15.6. The highest BCUT2D eigenvalue weighted by Crippen LogP contribution is 2.20. The van der Waals surface area contributed by atoms with Crippen LogP contribution in [-0.4, -0.2) is 11.0 Å². The molecule has 2 aromatic rings. The van der Waals surface area contributed by atoms with Crippen LogP contribution in [0.25, 0.3) is 11.1 Å². The molecular formula is C15H18ClFN2. The molecule has 0 aliphatic carbocycles. The van der Waals surface area contributed by atoms with Crippen molar-refractivity contribution in [2.45, 2.75) is 25.8 Å². The monoisotopic (exact) mass is 280 g/mol. The predicted octanol–water partition coefficient (Wildman–Crippen LogP) is 3.59. The summed E-state index contributed by atoms with van der Waals surface area (Å²) in [5.41, 5.74) is 9.02. The molecule has 0 fully saturated rings. The van der Waals surface area contributed by atoms with E-state index in [2.05, 4.69) is 18.0 Å². The lowest BCUT2D eigenvalue weighted by Gasteiger charge is -2.09. The zero-order valence-electron chi connectivity index (χ0n) is 10.8. The molecular weight excluding hydrogens is 263 g/mol. The lowest BCUT2D eigenvalue weighted by atomic mass is 10.0. The Morgan fingerprint density at radius 2 is 1.84 bits per heavy atom. The molecule has 0 saturated carbocycles. The standard InChI is InChI=1S/C15H17FN2.ClH/c1-2-15(17)8-11-7-13(10-18-9-11)12-3-5-14(16)6-4-12;/h3-7,9-10,15H,2,8,17H2,1H3;1H. The average molecular weight is 281 g/mol. The number of aromatic nitrogens is 1. The zero-order chi connectivity index (χ0) is 13.0. The Morgan fingerprint density at radius 3 is 2.47 bits per heavy atom. The Hall–Kier alpha value is -1.45. The van der Waals surface area contributed by atoms with Gasteiger partial charge in [-0.15, -0.1) is 12.4 Å². The molecule has 1 atom stereocenters. The molecule has 0 saturated heterocycles. The van der Waals surface area contributed by atoms with Gasteiger partial charge in [-0.1, -0.05) is 19.1 Å². The Balaban J connectivity index is 0.00000180. The van der Waals surface area contributed by atoms with Crippen molar-refractivity contribution in [1.82, 2.24) is 4.98 Å². The van der Waals surface area contributed by atoms with Crippen molar-refractivity contribution < 1.29 is 4.39 Å². The van der Waals surface area contributed by atoms with Crippen LogP contribution in [-0.2, 0) is 6.42 Å². The fourth-order valence-corrected chi connectivity index (χ4v) is 1.85. The zero-order valence-corrected chi connectivity index (χ0v) is 11.7. The van der Waals surface area contributed by atoms with Gasteiger partial charge in [0, 0.05) is 24.0 Å². The number of nitrogens with two attached hydrogens (primary N) is 1. The summed E-state index contributed by atoms with van der Waals surface area (Å²) in [5, 5.41) is 0. The molecule has 1 aromatic carbocycles. The molecule has 4 heteroatoms. The van der Waals surface area contributed by atoms with E-state index in [1.54, 1.807) is 18.3 Å². The first-order valence-corrected chi connectivity index (χ1v) is 6.14. The van der Waals surface area contributed by atoms with E-state index in [9.17, 15) is 4.39 Å². The molecule has 2 N–H and O–H groups in total. The van der Waals surface area contributed by atoms with Crippen LogP contribution in [0.3, 0.4) is 0 Å². The number of hydrogen-bond donors (Lipinski definition) is 1. The number of rotatable bonds is 4. The second-order valence-electron chi connectivity index (χ2n) is 4.46. The summed E-state index contributed by atoms with van der Waals surface area (Å²) in [5.74, 6) is -0.226. The van der Waals surface area contributed by atoms with E-state index < -0.39 is 0 Å². The van der Waals surface area contributed by atoms with Crippen LogP contribution in [0.15, 0.2) is 42.7 Å². The van der Waals surface area contributed by atoms with Gasteiger partial charge in [-0.3, -0.25) is 4.98 Å². The smallest absolute Gasteiger partial charge is 0.123 e. The second-order valence-corrected chi connectivity index (χ2v) is 4.46. The van der Waals surface area contributed by atoms with Crippen molar-refractivity contribution in [3.63, 3.8) is 0 Å². The van der Waals surface area contributed by atoms with E-state index in [0.717, 1.165) is 29.5 Å². The van der Waals surface area contributed by atoms with Crippen LogP contribution >= 0.6 is 12.4 Å². The molecule has 102 valence electrons. The topological polar surface area (TPSA) is 38.9 Å². The van der Waals surface area contributed by atoms with E-state index >= 15 is 0 Å². The number of hydrogen-bond acceptors (Lipinski definition) is 2. The van der Waals surface area contributed by atoms with Gasteiger partial charge in [0.05, 0.1) is 0 Å². The second kappa shape index (κ2) is 7.22. The largest absolute Gasteiger partial charge is 0.327 e. The van der Waals surface area contributed by atoms with Crippen molar-refractivity contribution in [2.24, 2.45) is 5.73 Å². The summed E-state index contributed by atoms with van der Waals surface area (Å²) in [6.45, 7) is 2.07. The van der Waals surface area contributed by atoms with Crippen LogP contribution in [0, 0.1) is 5.82 Å². The summed E-state index contributed by atoms with van der Waals surface area (Å²) in [7, 11) is 0. The van der Waals surface area contributed by atoms with Gasteiger partial charge in [0.25, 0.3) is 0 Å². The van der Waals surface area contributed by atoms with E-state index in [1.807, 2.05) is 6.20 Å². The maximum atomic E-state index is 12.9. The summed E-state index contributed by atoms with van der Waals surface area (Å²) in [6, 6.07) is 8.66. The van der Waals surface area contributed by atoms with Crippen molar-refractivity contribution in [3.8, 4) is 11.1 Å². The van der Waals surface area contributed by atoms with Crippen LogP contribution in [0.2, 0.25) is 0 Å². The summed E-state index contributed by atoms with van der Waals surface area (Å²) >= 11 is 0. The Morgan fingerprint density at radius 1 is 1.16 bits per heavy atom. The molecule has 19 heavy (non-hydrogen) atoms. The maximum absolute atomic E-state index is 12.9. The fraction of sp³-hybridized carbons (Fsp3) is 0.267. The minimum absolute atomic E-state index is 0. The predicted molar refractivity (Wildman–Crippen MR) is 78.8 cm³/mol. The number of benzene rings is 1. The highest BCUT2D eigenvalue weighted by molar-refractivity contribution is 5.85. The average Bonchev–Trinajstić information content (AvgIpc) is 2.40. The van der Waals surface area contributed by atoms with Crippen molar-refractivity contribution in [1.29, 1.82) is 0 Å². The van der Waals surface area contributed by atoms with Crippen LogP contribution < -0.4 is 5.73 Å². The van der Waals surface area contributed by atoms with Gasteiger partial charge in [0.1, 0.15) is 5.82 Å². The van der Waals surface area contributed by atoms with E-state index in [0.29, 0.717) is 0 Å². The SMILES string of the molecule is CCC(N)Cc1cncc(-c2ccc(F)cc2)c1.Cl. The minimum atomic E-state index is -0.226. The lowest BCUT2D eigenvalue weighted by molar-refractivity contribution is 0.628. The molecule has 0 aliphatic rings. The molecule has 1 unspecified atom stereocenters. The van der Waals surface area contributed by atoms with Gasteiger partial charge >= 0.3 is 0 Å². The van der Waals surface area contributed by atoms with Crippen molar-refractivity contribution in [2.75, 3.05) is 0 Å². The minimum Gasteiger partial charge on any atom is -0.327 e. The summed E-state index contributed by atoms with van der Waals surface area (Å²) in [6.07, 6.45) is 5.38. The molecule has 0 bridgehead atoms. The number of halogens is 2. The van der Waals surface area contributed by atoms with Crippen molar-refractivity contribution in [3.05, 3.63) is 54.1 Å². The van der Waals surface area contributed by atoms with E-state index in [1.165, 1.54) is 12.1 Å². The Kier molecular flexibility index (Phi) is 5.93. The molecule has 0 amide bonds. The molecule has 0 aliphatic heterocycles. The lowest BCUT2D eigenvalue weighted by Crippen LogP contribution is -2.21. The van der Waals surface area contributed by atoms with Gasteiger partial charge < -0.3 is 5.73 Å². The quantitative estimate of drug-likeness (QED) is 0.929. The number of nitrogens with zero attached hydrogens (tertiary/aromatic N) is 1. The highest BCUT2D eigenvalue weighted by Gasteiger charge is 2.04. The first-order valence-electron chi connectivity index (χ1n) is 6.14. The first-order chi connectivity index (χ1) is 8.69. The van der Waals surface area contributed by atoms with Crippen molar-refractivity contribution >= 4 is 12.4 Å². The normalized spacial score (nSPS) is 11.7. The molecule has 2 nitrogen and oxygen atoms in total. The molecule has 0 spiro atoms. The molecule has 2 rings (SSSR count). The van der Waals surface area contributed by atoms with Gasteiger partial charge in [-0.05, 0) is 42.2 Å². The molecule has 1 heterocycles. The van der Waals surface area contributed by atoms with Crippen LogP contribution in [0.5, 0.6) is 0 Å². The third-order valence-electron chi connectivity index (χ3n) is 2.99. The summed E-state index contributed by atoms with van der Waals surface area (Å²) in [4.78, 5) is 4.22. The third kappa shape index (κ3) is 4.30. The number of pyridine rings is 1. The highest BCUT2D eigenvalue weighted by atomic mass is 35.5. The summed E-state index contributed by atoms with van der Waals surface area (Å²) < 4.78 is 12.9. The van der Waals surface area contributed by atoms with E-state index in [-0.39, 0.29) is 24.3 Å². The Bertz CT molecular complexity index is 514. The van der Waals surface area contributed by atoms with Crippen LogP contribution in [0.1, 0.15) is 18.9 Å². The van der Waals surface area contributed by atoms with Gasteiger partial charge in [-0.25, -0.2) is 4.39 Å².